The molecule has 0 bridgehead atoms. The van der Waals surface area contributed by atoms with Crippen LogP contribution in [0.1, 0.15) is 6.42 Å². The second kappa shape index (κ2) is 8.79. The normalized spacial score (nSPS) is 10.7. The van der Waals surface area contributed by atoms with Crippen LogP contribution in [0.15, 0.2) is 52.4 Å². The standard InChI is InChI=1S/C20H21N3O4S/c1-23-19(25)14-6-4-5-7-15(14)22-20(23)28-11-10-18(24)21-16-12-13(26-2)8-9-17(16)27-3/h4-9,12H,10-11H2,1-3H3,(H,21,24). The maximum absolute atomic E-state index is 12.4. The number of hydrogen-bond donors (Lipinski definition) is 1. The SMILES string of the molecule is COc1ccc(OC)c(NC(=O)CCSc2nc3ccccc3c(=O)n2C)c1. The molecular formula is C20H21N3O4S. The van der Waals surface area contributed by atoms with Gasteiger partial charge in [0.25, 0.3) is 5.56 Å². The molecule has 1 heterocycles. The fourth-order valence-electron chi connectivity index (χ4n) is 2.69. The number of nitrogens with zero attached hydrogens (tertiary/aromatic N) is 2. The number of aromatic nitrogens is 2. The number of para-hydroxylation sites is 1. The van der Waals surface area contributed by atoms with Gasteiger partial charge in [-0.2, -0.15) is 0 Å². The number of thioether (sulfide) groups is 1. The monoisotopic (exact) mass is 399 g/mol. The molecule has 0 radical (unpaired) electrons. The highest BCUT2D eigenvalue weighted by molar-refractivity contribution is 7.99. The Balaban J connectivity index is 1.66. The smallest absolute Gasteiger partial charge is 0.261 e. The molecule has 0 unspecified atom stereocenters. The lowest BCUT2D eigenvalue weighted by atomic mass is 10.2. The second-order valence-corrected chi connectivity index (χ2v) is 7.05. The summed E-state index contributed by atoms with van der Waals surface area (Å²) < 4.78 is 12.0. The molecule has 0 fully saturated rings. The molecule has 3 rings (SSSR count). The largest absolute Gasteiger partial charge is 0.497 e. The first-order chi connectivity index (χ1) is 13.5. The molecule has 0 spiro atoms. The molecule has 0 aliphatic heterocycles. The number of ether oxygens (including phenoxy) is 2. The van der Waals surface area contributed by atoms with Crippen molar-refractivity contribution in [3.8, 4) is 11.5 Å². The van der Waals surface area contributed by atoms with Gasteiger partial charge in [-0.3, -0.25) is 14.2 Å². The summed E-state index contributed by atoms with van der Waals surface area (Å²) in [7, 11) is 4.79. The van der Waals surface area contributed by atoms with Gasteiger partial charge in [0.1, 0.15) is 11.5 Å². The second-order valence-electron chi connectivity index (χ2n) is 5.99. The van der Waals surface area contributed by atoms with Gasteiger partial charge in [-0.1, -0.05) is 23.9 Å². The Morgan fingerprint density at radius 2 is 1.96 bits per heavy atom. The van der Waals surface area contributed by atoms with E-state index in [-0.39, 0.29) is 17.9 Å². The number of benzene rings is 2. The zero-order valence-corrected chi connectivity index (χ0v) is 16.7. The Hall–Kier alpha value is -3.00. The zero-order valence-electron chi connectivity index (χ0n) is 15.9. The van der Waals surface area contributed by atoms with E-state index < -0.39 is 0 Å². The van der Waals surface area contributed by atoms with E-state index in [1.165, 1.54) is 16.3 Å². The van der Waals surface area contributed by atoms with Gasteiger partial charge in [-0.15, -0.1) is 0 Å². The third-order valence-corrected chi connectivity index (χ3v) is 5.21. The fourth-order valence-corrected chi connectivity index (χ4v) is 3.60. The van der Waals surface area contributed by atoms with Gasteiger partial charge >= 0.3 is 0 Å². The minimum absolute atomic E-state index is 0.0985. The molecule has 28 heavy (non-hydrogen) atoms. The van der Waals surface area contributed by atoms with E-state index in [0.717, 1.165) is 0 Å². The van der Waals surface area contributed by atoms with Crippen molar-refractivity contribution >= 4 is 34.3 Å². The van der Waals surface area contributed by atoms with Gasteiger partial charge in [-0.05, 0) is 24.3 Å². The van der Waals surface area contributed by atoms with Crippen LogP contribution < -0.4 is 20.3 Å². The molecule has 0 aliphatic rings. The third-order valence-electron chi connectivity index (χ3n) is 4.18. The molecule has 0 atom stereocenters. The van der Waals surface area contributed by atoms with Gasteiger partial charge in [0.15, 0.2) is 5.16 Å². The molecule has 146 valence electrons. The first-order valence-corrected chi connectivity index (χ1v) is 9.62. The Labute approximate surface area is 166 Å². The van der Waals surface area contributed by atoms with Crippen LogP contribution in [0.25, 0.3) is 10.9 Å². The number of hydrogen-bond acceptors (Lipinski definition) is 6. The summed E-state index contributed by atoms with van der Waals surface area (Å²) in [6.45, 7) is 0. The minimum atomic E-state index is -0.162. The maximum atomic E-state index is 12.4. The van der Waals surface area contributed by atoms with Gasteiger partial charge in [0, 0.05) is 25.3 Å². The number of fused-ring (bicyclic) bond motifs is 1. The number of carbonyl (C=O) groups is 1. The van der Waals surface area contributed by atoms with Crippen LogP contribution in [0, 0.1) is 0 Å². The molecule has 3 aromatic rings. The van der Waals surface area contributed by atoms with E-state index >= 15 is 0 Å². The highest BCUT2D eigenvalue weighted by Gasteiger charge is 2.12. The van der Waals surface area contributed by atoms with Crippen LogP contribution in [0.4, 0.5) is 5.69 Å². The predicted octanol–water partition coefficient (Wildman–Crippen LogP) is 3.07. The van der Waals surface area contributed by atoms with Gasteiger partial charge < -0.3 is 14.8 Å². The number of methoxy groups -OCH3 is 2. The summed E-state index contributed by atoms with van der Waals surface area (Å²) >= 11 is 1.37. The van der Waals surface area contributed by atoms with Crippen molar-refractivity contribution in [2.75, 3.05) is 25.3 Å². The number of rotatable bonds is 7. The lowest BCUT2D eigenvalue weighted by Gasteiger charge is -2.12. The highest BCUT2D eigenvalue weighted by atomic mass is 32.2. The molecule has 0 aliphatic carbocycles. The van der Waals surface area contributed by atoms with E-state index in [0.29, 0.717) is 39.0 Å². The van der Waals surface area contributed by atoms with Gasteiger partial charge in [0.05, 0.1) is 30.8 Å². The average molecular weight is 399 g/mol. The lowest BCUT2D eigenvalue weighted by Crippen LogP contribution is -2.20. The number of nitrogens with one attached hydrogen (secondary N) is 1. The van der Waals surface area contributed by atoms with Gasteiger partial charge in [0.2, 0.25) is 5.91 Å². The maximum Gasteiger partial charge on any atom is 0.261 e. The Bertz CT molecular complexity index is 1060. The molecule has 1 aromatic heterocycles. The summed E-state index contributed by atoms with van der Waals surface area (Å²) in [6.07, 6.45) is 0.258. The molecule has 1 N–H and O–H groups in total. The van der Waals surface area contributed by atoms with Crippen molar-refractivity contribution in [1.82, 2.24) is 9.55 Å². The predicted molar refractivity (Wildman–Crippen MR) is 111 cm³/mol. The Morgan fingerprint density at radius 3 is 2.71 bits per heavy atom. The molecular weight excluding hydrogens is 378 g/mol. The van der Waals surface area contributed by atoms with Crippen molar-refractivity contribution in [2.24, 2.45) is 7.05 Å². The quantitative estimate of drug-likeness (QED) is 0.486. The summed E-state index contributed by atoms with van der Waals surface area (Å²) in [4.78, 5) is 29.3. The van der Waals surface area contributed by atoms with Crippen LogP contribution in [-0.4, -0.2) is 35.4 Å². The van der Waals surface area contributed by atoms with Crippen molar-refractivity contribution in [3.05, 3.63) is 52.8 Å². The van der Waals surface area contributed by atoms with E-state index in [2.05, 4.69) is 10.3 Å². The molecule has 7 nitrogen and oxygen atoms in total. The van der Waals surface area contributed by atoms with E-state index in [4.69, 9.17) is 9.47 Å². The lowest BCUT2D eigenvalue weighted by molar-refractivity contribution is -0.115. The van der Waals surface area contributed by atoms with E-state index in [9.17, 15) is 9.59 Å². The van der Waals surface area contributed by atoms with Crippen LogP contribution in [-0.2, 0) is 11.8 Å². The number of anilines is 1. The summed E-state index contributed by atoms with van der Waals surface area (Å²) in [5, 5.41) is 3.99. The van der Waals surface area contributed by atoms with Crippen molar-refractivity contribution in [3.63, 3.8) is 0 Å². The van der Waals surface area contributed by atoms with Crippen molar-refractivity contribution < 1.29 is 14.3 Å². The third kappa shape index (κ3) is 4.28. The summed E-state index contributed by atoms with van der Waals surface area (Å²) in [5.41, 5.74) is 1.10. The number of carbonyl (C=O) groups excluding carboxylic acids is 1. The van der Waals surface area contributed by atoms with E-state index in [1.54, 1.807) is 45.5 Å². The zero-order chi connectivity index (χ0) is 20.1. The molecule has 1 amide bonds. The van der Waals surface area contributed by atoms with E-state index in [1.807, 2.05) is 18.2 Å². The summed E-state index contributed by atoms with van der Waals surface area (Å²) in [6, 6.07) is 12.4. The first-order valence-electron chi connectivity index (χ1n) is 8.64. The highest BCUT2D eigenvalue weighted by Crippen LogP contribution is 2.29. The fraction of sp³-hybridized carbons (Fsp3) is 0.250. The average Bonchev–Trinajstić information content (AvgIpc) is 2.71. The van der Waals surface area contributed by atoms with Crippen LogP contribution in [0.5, 0.6) is 11.5 Å². The molecule has 0 saturated heterocycles. The first kappa shape index (κ1) is 19.8. The molecule has 2 aromatic carbocycles. The molecule has 0 saturated carbocycles. The Morgan fingerprint density at radius 1 is 1.18 bits per heavy atom. The van der Waals surface area contributed by atoms with Crippen molar-refractivity contribution in [2.45, 2.75) is 11.6 Å². The summed E-state index contributed by atoms with van der Waals surface area (Å²) in [5.74, 6) is 1.50. The van der Waals surface area contributed by atoms with Gasteiger partial charge in [-0.25, -0.2) is 4.98 Å². The van der Waals surface area contributed by atoms with Crippen molar-refractivity contribution in [1.29, 1.82) is 0 Å². The Kier molecular flexibility index (Phi) is 6.20. The minimum Gasteiger partial charge on any atom is -0.497 e. The topological polar surface area (TPSA) is 82.5 Å². The number of amides is 1. The van der Waals surface area contributed by atoms with Crippen LogP contribution >= 0.6 is 11.8 Å². The van der Waals surface area contributed by atoms with Crippen LogP contribution in [0.3, 0.4) is 0 Å². The molecule has 8 heteroatoms. The van der Waals surface area contributed by atoms with Crippen LogP contribution in [0.2, 0.25) is 0 Å².